The van der Waals surface area contributed by atoms with Gasteiger partial charge in [0, 0.05) is 16.6 Å². The Balaban J connectivity index is 1.96. The SMILES string of the molecule is Cc1ccc(-c2nnc3scc(-c4ccccc4)n23)cc1N. The lowest BCUT2D eigenvalue weighted by Gasteiger charge is -2.05. The van der Waals surface area contributed by atoms with E-state index in [2.05, 4.69) is 32.1 Å². The Morgan fingerprint density at radius 1 is 1.00 bits per heavy atom. The van der Waals surface area contributed by atoms with E-state index in [1.165, 1.54) is 0 Å². The van der Waals surface area contributed by atoms with Crippen molar-refractivity contribution in [2.75, 3.05) is 5.73 Å². The van der Waals surface area contributed by atoms with E-state index in [1.54, 1.807) is 11.3 Å². The third-order valence-electron chi connectivity index (χ3n) is 3.76. The quantitative estimate of drug-likeness (QED) is 0.569. The Bertz CT molecular complexity index is 953. The molecule has 0 radical (unpaired) electrons. The number of fused-ring (bicyclic) bond motifs is 1. The maximum absolute atomic E-state index is 6.04. The summed E-state index contributed by atoms with van der Waals surface area (Å²) in [5, 5.41) is 10.7. The average molecular weight is 306 g/mol. The van der Waals surface area contributed by atoms with Gasteiger partial charge < -0.3 is 5.73 Å². The molecular formula is C17H14N4S. The van der Waals surface area contributed by atoms with Gasteiger partial charge in [-0.1, -0.05) is 42.5 Å². The van der Waals surface area contributed by atoms with Gasteiger partial charge in [0.2, 0.25) is 4.96 Å². The van der Waals surface area contributed by atoms with Crippen molar-refractivity contribution in [1.82, 2.24) is 14.6 Å². The van der Waals surface area contributed by atoms with Crippen LogP contribution in [0.5, 0.6) is 0 Å². The molecule has 0 fully saturated rings. The van der Waals surface area contributed by atoms with Crippen LogP contribution in [0.3, 0.4) is 0 Å². The number of nitrogen functional groups attached to an aromatic ring is 1. The smallest absolute Gasteiger partial charge is 0.216 e. The molecule has 0 aliphatic heterocycles. The molecule has 0 saturated heterocycles. The molecule has 4 rings (SSSR count). The van der Waals surface area contributed by atoms with Crippen molar-refractivity contribution in [3.63, 3.8) is 0 Å². The molecule has 0 aliphatic rings. The van der Waals surface area contributed by atoms with Gasteiger partial charge in [-0.15, -0.1) is 21.5 Å². The summed E-state index contributed by atoms with van der Waals surface area (Å²) in [6.45, 7) is 2.00. The van der Waals surface area contributed by atoms with Crippen LogP contribution in [0.25, 0.3) is 27.6 Å². The molecular weight excluding hydrogens is 292 g/mol. The highest BCUT2D eigenvalue weighted by Crippen LogP contribution is 2.31. The van der Waals surface area contributed by atoms with Gasteiger partial charge in [0.1, 0.15) is 0 Å². The monoisotopic (exact) mass is 306 g/mol. The molecule has 22 heavy (non-hydrogen) atoms. The number of rotatable bonds is 2. The molecule has 108 valence electrons. The van der Waals surface area contributed by atoms with Crippen molar-refractivity contribution in [1.29, 1.82) is 0 Å². The number of nitrogens with two attached hydrogens (primary N) is 1. The molecule has 5 heteroatoms. The number of hydrogen-bond acceptors (Lipinski definition) is 4. The summed E-state index contributed by atoms with van der Waals surface area (Å²) in [6, 6.07) is 16.3. The maximum Gasteiger partial charge on any atom is 0.216 e. The minimum atomic E-state index is 0.769. The van der Waals surface area contributed by atoms with Crippen LogP contribution in [0.15, 0.2) is 53.9 Å². The van der Waals surface area contributed by atoms with E-state index in [-0.39, 0.29) is 0 Å². The first-order chi connectivity index (χ1) is 10.7. The molecule has 0 bridgehead atoms. The van der Waals surface area contributed by atoms with Crippen LogP contribution in [-0.2, 0) is 0 Å². The lowest BCUT2D eigenvalue weighted by molar-refractivity contribution is 1.11. The first kappa shape index (κ1) is 13.0. The van der Waals surface area contributed by atoms with Crippen LogP contribution in [0.4, 0.5) is 5.69 Å². The normalized spacial score (nSPS) is 11.1. The highest BCUT2D eigenvalue weighted by molar-refractivity contribution is 7.15. The predicted molar refractivity (Wildman–Crippen MR) is 90.9 cm³/mol. The van der Waals surface area contributed by atoms with Crippen LogP contribution in [0, 0.1) is 6.92 Å². The van der Waals surface area contributed by atoms with E-state index in [0.29, 0.717) is 0 Å². The molecule has 0 aliphatic carbocycles. The molecule has 0 spiro atoms. The van der Waals surface area contributed by atoms with Crippen molar-refractivity contribution in [3.8, 4) is 22.6 Å². The molecule has 0 amide bonds. The molecule has 0 saturated carbocycles. The van der Waals surface area contributed by atoms with Crippen LogP contribution >= 0.6 is 11.3 Å². The van der Waals surface area contributed by atoms with E-state index in [4.69, 9.17) is 5.73 Å². The Labute approximate surface area is 131 Å². The highest BCUT2D eigenvalue weighted by atomic mass is 32.1. The molecule has 2 heterocycles. The molecule has 2 aromatic heterocycles. The zero-order chi connectivity index (χ0) is 15.1. The van der Waals surface area contributed by atoms with Crippen LogP contribution in [0.2, 0.25) is 0 Å². The summed E-state index contributed by atoms with van der Waals surface area (Å²) < 4.78 is 2.09. The van der Waals surface area contributed by atoms with E-state index >= 15 is 0 Å². The number of benzene rings is 2. The van der Waals surface area contributed by atoms with Gasteiger partial charge in [0.15, 0.2) is 5.82 Å². The molecule has 4 nitrogen and oxygen atoms in total. The Morgan fingerprint density at radius 3 is 2.59 bits per heavy atom. The highest BCUT2D eigenvalue weighted by Gasteiger charge is 2.15. The van der Waals surface area contributed by atoms with E-state index in [9.17, 15) is 0 Å². The van der Waals surface area contributed by atoms with Gasteiger partial charge in [0.25, 0.3) is 0 Å². The number of aryl methyl sites for hydroxylation is 1. The third kappa shape index (κ3) is 1.98. The second-order valence-corrected chi connectivity index (χ2v) is 6.04. The minimum absolute atomic E-state index is 0.769. The minimum Gasteiger partial charge on any atom is -0.398 e. The fraction of sp³-hybridized carbons (Fsp3) is 0.0588. The predicted octanol–water partition coefficient (Wildman–Crippen LogP) is 4.02. The first-order valence-electron chi connectivity index (χ1n) is 6.98. The van der Waals surface area contributed by atoms with Gasteiger partial charge in [-0.05, 0) is 24.1 Å². The van der Waals surface area contributed by atoms with Crippen molar-refractivity contribution in [2.24, 2.45) is 0 Å². The Kier molecular flexibility index (Phi) is 2.94. The van der Waals surface area contributed by atoms with Gasteiger partial charge >= 0.3 is 0 Å². The first-order valence-corrected chi connectivity index (χ1v) is 7.86. The zero-order valence-corrected chi connectivity index (χ0v) is 12.8. The van der Waals surface area contributed by atoms with Crippen LogP contribution < -0.4 is 5.73 Å². The molecule has 2 N–H and O–H groups in total. The summed E-state index contributed by atoms with van der Waals surface area (Å²) in [4.78, 5) is 0.882. The summed E-state index contributed by atoms with van der Waals surface area (Å²) in [6.07, 6.45) is 0. The van der Waals surface area contributed by atoms with Crippen molar-refractivity contribution in [3.05, 3.63) is 59.5 Å². The standard InChI is InChI=1S/C17H14N4S/c1-11-7-8-13(9-14(11)18)16-19-20-17-21(16)15(10-22-17)12-5-3-2-4-6-12/h2-10H,18H2,1H3. The second-order valence-electron chi connectivity index (χ2n) is 5.20. The Morgan fingerprint density at radius 2 is 1.82 bits per heavy atom. The van der Waals surface area contributed by atoms with Gasteiger partial charge in [-0.25, -0.2) is 0 Å². The molecule has 4 aromatic rings. The molecule has 0 atom stereocenters. The maximum atomic E-state index is 6.04. The zero-order valence-electron chi connectivity index (χ0n) is 12.0. The van der Waals surface area contributed by atoms with Gasteiger partial charge in [0.05, 0.1) is 5.69 Å². The topological polar surface area (TPSA) is 56.2 Å². The number of hydrogen-bond donors (Lipinski definition) is 1. The third-order valence-corrected chi connectivity index (χ3v) is 4.57. The van der Waals surface area contributed by atoms with E-state index < -0.39 is 0 Å². The number of anilines is 1. The van der Waals surface area contributed by atoms with Gasteiger partial charge in [-0.3, -0.25) is 4.40 Å². The summed E-state index contributed by atoms with van der Waals surface area (Å²) >= 11 is 1.59. The van der Waals surface area contributed by atoms with Crippen molar-refractivity contribution < 1.29 is 0 Å². The van der Waals surface area contributed by atoms with Gasteiger partial charge in [-0.2, -0.15) is 0 Å². The summed E-state index contributed by atoms with van der Waals surface area (Å²) in [5.41, 5.74) is 11.1. The van der Waals surface area contributed by atoms with Crippen molar-refractivity contribution in [2.45, 2.75) is 6.92 Å². The second kappa shape index (κ2) is 4.96. The summed E-state index contributed by atoms with van der Waals surface area (Å²) in [5.74, 6) is 0.821. The Hall–Kier alpha value is -2.66. The lowest BCUT2D eigenvalue weighted by atomic mass is 10.1. The van der Waals surface area contributed by atoms with Crippen LogP contribution in [0.1, 0.15) is 5.56 Å². The lowest BCUT2D eigenvalue weighted by Crippen LogP contribution is -1.94. The van der Waals surface area contributed by atoms with Crippen molar-refractivity contribution >= 4 is 22.0 Å². The summed E-state index contributed by atoms with van der Waals surface area (Å²) in [7, 11) is 0. The average Bonchev–Trinajstić information content (AvgIpc) is 3.13. The number of nitrogens with zero attached hydrogens (tertiary/aromatic N) is 3. The fourth-order valence-electron chi connectivity index (χ4n) is 2.50. The molecule has 2 aromatic carbocycles. The van der Waals surface area contributed by atoms with E-state index in [0.717, 1.165) is 38.9 Å². The number of thiazole rings is 1. The largest absolute Gasteiger partial charge is 0.398 e. The molecule has 0 unspecified atom stereocenters. The van der Waals surface area contributed by atoms with Crippen LogP contribution in [-0.4, -0.2) is 14.6 Å². The fourth-order valence-corrected chi connectivity index (χ4v) is 3.33. The number of aromatic nitrogens is 3. The van der Waals surface area contributed by atoms with E-state index in [1.807, 2.05) is 43.3 Å².